The number of amides is 2. The maximum atomic E-state index is 12.5. The van der Waals surface area contributed by atoms with E-state index in [1.54, 1.807) is 6.07 Å². The fraction of sp³-hybridized carbons (Fsp3) is 0.125. The van der Waals surface area contributed by atoms with Crippen molar-refractivity contribution in [3.63, 3.8) is 0 Å². The number of rotatable bonds is 7. The van der Waals surface area contributed by atoms with Crippen LogP contribution in [-0.4, -0.2) is 28.3 Å². The van der Waals surface area contributed by atoms with Gasteiger partial charge in [0, 0.05) is 41.9 Å². The van der Waals surface area contributed by atoms with Gasteiger partial charge in [0.25, 0.3) is 11.8 Å². The molecule has 4 aromatic rings. The van der Waals surface area contributed by atoms with Crippen molar-refractivity contribution in [2.75, 3.05) is 6.54 Å². The van der Waals surface area contributed by atoms with Crippen LogP contribution in [0.3, 0.4) is 0 Å². The van der Waals surface area contributed by atoms with Gasteiger partial charge in [-0.3, -0.25) is 14.6 Å². The number of pyridine rings is 1. The van der Waals surface area contributed by atoms with E-state index >= 15 is 0 Å². The van der Waals surface area contributed by atoms with E-state index in [1.807, 2.05) is 54.7 Å². The monoisotopic (exact) mass is 398 g/mol. The summed E-state index contributed by atoms with van der Waals surface area (Å²) in [4.78, 5) is 32.2. The highest BCUT2D eigenvalue weighted by Crippen LogP contribution is 2.17. The quantitative estimate of drug-likeness (QED) is 0.446. The number of H-pyrrole nitrogens is 1. The number of aromatic nitrogens is 2. The third kappa shape index (κ3) is 4.55. The Morgan fingerprint density at radius 1 is 0.900 bits per heavy atom. The molecule has 150 valence electrons. The molecule has 0 saturated heterocycles. The van der Waals surface area contributed by atoms with E-state index in [0.717, 1.165) is 22.0 Å². The van der Waals surface area contributed by atoms with Crippen LogP contribution in [0.2, 0.25) is 0 Å². The second kappa shape index (κ2) is 9.05. The lowest BCUT2D eigenvalue weighted by atomic mass is 10.1. The number of carbonyl (C=O) groups excluding carboxylic acids is 2. The molecule has 0 bridgehead atoms. The van der Waals surface area contributed by atoms with Gasteiger partial charge < -0.3 is 15.6 Å². The van der Waals surface area contributed by atoms with Crippen molar-refractivity contribution >= 4 is 22.7 Å². The third-order valence-electron chi connectivity index (χ3n) is 4.91. The molecule has 0 aliphatic carbocycles. The van der Waals surface area contributed by atoms with E-state index in [0.29, 0.717) is 25.1 Å². The molecule has 0 saturated carbocycles. The first-order chi connectivity index (χ1) is 14.7. The number of hydrogen-bond donors (Lipinski definition) is 3. The van der Waals surface area contributed by atoms with Gasteiger partial charge in [-0.2, -0.15) is 0 Å². The number of benzene rings is 2. The first-order valence-corrected chi connectivity index (χ1v) is 9.82. The Morgan fingerprint density at radius 3 is 2.57 bits per heavy atom. The summed E-state index contributed by atoms with van der Waals surface area (Å²) in [6.45, 7) is 0.904. The van der Waals surface area contributed by atoms with Gasteiger partial charge >= 0.3 is 0 Å². The lowest BCUT2D eigenvalue weighted by Gasteiger charge is -2.08. The predicted octanol–water partition coefficient (Wildman–Crippen LogP) is 3.47. The maximum absolute atomic E-state index is 12.5. The molecule has 0 unspecified atom stereocenters. The first-order valence-electron chi connectivity index (χ1n) is 9.82. The second-order valence-corrected chi connectivity index (χ2v) is 6.96. The van der Waals surface area contributed by atoms with Crippen LogP contribution in [0, 0.1) is 0 Å². The summed E-state index contributed by atoms with van der Waals surface area (Å²) < 4.78 is 0. The van der Waals surface area contributed by atoms with Gasteiger partial charge in [0.05, 0.1) is 0 Å². The van der Waals surface area contributed by atoms with Gasteiger partial charge in [-0.15, -0.1) is 0 Å². The summed E-state index contributed by atoms with van der Waals surface area (Å²) in [7, 11) is 0. The number of fused-ring (bicyclic) bond motifs is 1. The number of nitrogens with one attached hydrogen (secondary N) is 3. The van der Waals surface area contributed by atoms with Gasteiger partial charge in [0.1, 0.15) is 5.69 Å². The number of nitrogens with zero attached hydrogens (tertiary/aromatic N) is 1. The highest BCUT2D eigenvalue weighted by molar-refractivity contribution is 5.98. The van der Waals surface area contributed by atoms with E-state index in [-0.39, 0.29) is 17.5 Å². The number of aromatic amines is 1. The lowest BCUT2D eigenvalue weighted by Crippen LogP contribution is -2.27. The SMILES string of the molecule is O=C(NCc1ccccc1)c1ccnc(C(=O)NCCc2c[nH]c3ccccc23)c1. The van der Waals surface area contributed by atoms with Crippen molar-refractivity contribution in [3.05, 3.63) is 102 Å². The summed E-state index contributed by atoms with van der Waals surface area (Å²) in [6.07, 6.45) is 4.14. The summed E-state index contributed by atoms with van der Waals surface area (Å²) >= 11 is 0. The minimum Gasteiger partial charge on any atom is -0.361 e. The molecule has 2 amide bonds. The molecule has 6 nitrogen and oxygen atoms in total. The zero-order chi connectivity index (χ0) is 20.8. The molecule has 2 aromatic carbocycles. The Balaban J connectivity index is 1.33. The first kappa shape index (κ1) is 19.4. The fourth-order valence-corrected chi connectivity index (χ4v) is 3.32. The predicted molar refractivity (Wildman–Crippen MR) is 116 cm³/mol. The average Bonchev–Trinajstić information content (AvgIpc) is 3.21. The van der Waals surface area contributed by atoms with Crippen molar-refractivity contribution in [2.24, 2.45) is 0 Å². The molecule has 0 aliphatic heterocycles. The summed E-state index contributed by atoms with van der Waals surface area (Å²) in [6, 6.07) is 20.8. The van der Waals surface area contributed by atoms with Crippen LogP contribution in [0.15, 0.2) is 79.1 Å². The van der Waals surface area contributed by atoms with Crippen LogP contribution in [0.5, 0.6) is 0 Å². The zero-order valence-electron chi connectivity index (χ0n) is 16.4. The third-order valence-corrected chi connectivity index (χ3v) is 4.91. The van der Waals surface area contributed by atoms with Crippen molar-refractivity contribution in [1.29, 1.82) is 0 Å². The van der Waals surface area contributed by atoms with E-state index in [1.165, 1.54) is 12.3 Å². The van der Waals surface area contributed by atoms with Gasteiger partial charge in [0.2, 0.25) is 0 Å². The molecule has 0 radical (unpaired) electrons. The van der Waals surface area contributed by atoms with E-state index < -0.39 is 0 Å². The molecule has 30 heavy (non-hydrogen) atoms. The molecule has 0 spiro atoms. The normalized spacial score (nSPS) is 10.7. The number of hydrogen-bond acceptors (Lipinski definition) is 3. The van der Waals surface area contributed by atoms with Crippen molar-refractivity contribution < 1.29 is 9.59 Å². The minimum atomic E-state index is -0.299. The van der Waals surface area contributed by atoms with Crippen molar-refractivity contribution in [2.45, 2.75) is 13.0 Å². The van der Waals surface area contributed by atoms with E-state index in [2.05, 4.69) is 26.7 Å². The fourth-order valence-electron chi connectivity index (χ4n) is 3.32. The molecular weight excluding hydrogens is 376 g/mol. The van der Waals surface area contributed by atoms with Crippen molar-refractivity contribution in [1.82, 2.24) is 20.6 Å². The molecule has 6 heteroatoms. The summed E-state index contributed by atoms with van der Waals surface area (Å²) in [5.41, 5.74) is 3.86. The smallest absolute Gasteiger partial charge is 0.269 e. The van der Waals surface area contributed by atoms with Gasteiger partial charge in [-0.05, 0) is 35.7 Å². The Morgan fingerprint density at radius 2 is 1.70 bits per heavy atom. The topological polar surface area (TPSA) is 86.9 Å². The van der Waals surface area contributed by atoms with Gasteiger partial charge in [0.15, 0.2) is 0 Å². The molecular formula is C24H22N4O2. The molecule has 2 aromatic heterocycles. The Bertz CT molecular complexity index is 1170. The number of para-hydroxylation sites is 1. The van der Waals surface area contributed by atoms with E-state index in [4.69, 9.17) is 0 Å². The van der Waals surface area contributed by atoms with Crippen LogP contribution < -0.4 is 10.6 Å². The van der Waals surface area contributed by atoms with Crippen LogP contribution in [-0.2, 0) is 13.0 Å². The van der Waals surface area contributed by atoms with Crippen LogP contribution in [0.1, 0.15) is 32.0 Å². The van der Waals surface area contributed by atoms with Crippen molar-refractivity contribution in [3.8, 4) is 0 Å². The molecule has 0 fully saturated rings. The van der Waals surface area contributed by atoms with E-state index in [9.17, 15) is 9.59 Å². The molecule has 3 N–H and O–H groups in total. The van der Waals surface area contributed by atoms with Crippen LogP contribution >= 0.6 is 0 Å². The number of carbonyl (C=O) groups is 2. The Hall–Kier alpha value is -3.93. The Kier molecular flexibility index (Phi) is 5.85. The second-order valence-electron chi connectivity index (χ2n) is 6.96. The molecule has 2 heterocycles. The van der Waals surface area contributed by atoms with Gasteiger partial charge in [-0.25, -0.2) is 0 Å². The lowest BCUT2D eigenvalue weighted by molar-refractivity contribution is 0.0949. The minimum absolute atomic E-state index is 0.223. The summed E-state index contributed by atoms with van der Waals surface area (Å²) in [5.74, 6) is -0.540. The average molecular weight is 398 g/mol. The Labute approximate surface area is 174 Å². The zero-order valence-corrected chi connectivity index (χ0v) is 16.4. The molecule has 0 atom stereocenters. The maximum Gasteiger partial charge on any atom is 0.269 e. The molecule has 4 rings (SSSR count). The summed E-state index contributed by atoms with van der Waals surface area (Å²) in [5, 5.41) is 6.89. The molecule has 0 aliphatic rings. The standard InChI is InChI=1S/C24H22N4O2/c29-23(28-15-17-6-2-1-3-7-17)18-10-12-25-22(14-18)24(30)26-13-11-19-16-27-21-9-5-4-8-20(19)21/h1-10,12,14,16,27H,11,13,15H2,(H,26,30)(H,28,29). The van der Waals surface area contributed by atoms with Crippen LogP contribution in [0.25, 0.3) is 10.9 Å². The van der Waals surface area contributed by atoms with Gasteiger partial charge in [-0.1, -0.05) is 48.5 Å². The highest BCUT2D eigenvalue weighted by Gasteiger charge is 2.12. The van der Waals surface area contributed by atoms with Crippen LogP contribution in [0.4, 0.5) is 0 Å². The largest absolute Gasteiger partial charge is 0.361 e. The highest BCUT2D eigenvalue weighted by atomic mass is 16.2.